The summed E-state index contributed by atoms with van der Waals surface area (Å²) in [5, 5.41) is 0. The highest BCUT2D eigenvalue weighted by Crippen LogP contribution is 2.25. The first-order valence-electron chi connectivity index (χ1n) is 7.47. The average molecular weight is 310 g/mol. The summed E-state index contributed by atoms with van der Waals surface area (Å²) in [6, 6.07) is 15.7. The molecule has 0 aliphatic rings. The lowest BCUT2D eigenvalue weighted by atomic mass is 10.2. The molecule has 4 nitrogen and oxygen atoms in total. The van der Waals surface area contributed by atoms with Gasteiger partial charge in [-0.1, -0.05) is 49.6 Å². The zero-order chi connectivity index (χ0) is 16.3. The topological polar surface area (TPSA) is 42.5 Å². The minimum absolute atomic E-state index is 0.448. The van der Waals surface area contributed by atoms with E-state index in [2.05, 4.69) is 24.0 Å². The van der Waals surface area contributed by atoms with Crippen LogP contribution in [0.1, 0.15) is 5.56 Å². The molecule has 0 amide bonds. The first-order valence-corrected chi connectivity index (χ1v) is 7.47. The van der Waals surface area contributed by atoms with Crippen molar-refractivity contribution in [1.29, 1.82) is 0 Å². The van der Waals surface area contributed by atoms with Crippen molar-refractivity contribution in [3.05, 3.63) is 79.4 Å². The molecule has 4 heteroatoms. The van der Waals surface area contributed by atoms with Gasteiger partial charge in [-0.15, -0.1) is 0 Å². The second-order valence-electron chi connectivity index (χ2n) is 4.81. The van der Waals surface area contributed by atoms with Crippen molar-refractivity contribution in [1.82, 2.24) is 5.43 Å². The van der Waals surface area contributed by atoms with Crippen LogP contribution in [0.15, 0.2) is 73.8 Å². The Morgan fingerprint density at radius 3 is 2.39 bits per heavy atom. The van der Waals surface area contributed by atoms with Gasteiger partial charge in [-0.2, -0.15) is 0 Å². The molecule has 0 aliphatic heterocycles. The van der Waals surface area contributed by atoms with Crippen molar-refractivity contribution in [3.63, 3.8) is 0 Å². The molecule has 23 heavy (non-hydrogen) atoms. The molecule has 0 aromatic heterocycles. The highest BCUT2D eigenvalue weighted by atomic mass is 16.5. The van der Waals surface area contributed by atoms with Gasteiger partial charge in [0.1, 0.15) is 24.7 Å². The van der Waals surface area contributed by atoms with Crippen LogP contribution >= 0.6 is 0 Å². The van der Waals surface area contributed by atoms with Gasteiger partial charge in [-0.25, -0.2) is 5.43 Å². The smallest absolute Gasteiger partial charge is 0.128 e. The number of hydrogen-bond acceptors (Lipinski definition) is 4. The molecule has 2 aromatic rings. The molecule has 0 unspecified atom stereocenters. The van der Waals surface area contributed by atoms with E-state index in [1.165, 1.54) is 0 Å². The molecule has 120 valence electrons. The minimum atomic E-state index is 0.448. The molecule has 2 rings (SSSR count). The number of anilines is 1. The van der Waals surface area contributed by atoms with Gasteiger partial charge in [-0.05, 0) is 18.2 Å². The van der Waals surface area contributed by atoms with Crippen LogP contribution < -0.4 is 20.3 Å². The number of ether oxygens (including phenoxy) is 2. The molecule has 0 bridgehead atoms. The van der Waals surface area contributed by atoms with Crippen molar-refractivity contribution >= 4 is 5.69 Å². The number of rotatable bonds is 10. The lowest BCUT2D eigenvalue weighted by Crippen LogP contribution is -2.21. The first-order chi connectivity index (χ1) is 11.3. The Hall–Kier alpha value is -2.72. The van der Waals surface area contributed by atoms with Crippen molar-refractivity contribution < 1.29 is 9.47 Å². The number of nitrogens with one attached hydrogen (secondary N) is 2. The third-order valence-electron chi connectivity index (χ3n) is 3.05. The SMILES string of the molecule is C=CCOc1ccc(CNNc2ccccc2)c(OCC=C)c1. The fourth-order valence-corrected chi connectivity index (χ4v) is 1.97. The third kappa shape index (κ3) is 5.52. The van der Waals surface area contributed by atoms with Crippen LogP contribution in [0, 0.1) is 0 Å². The summed E-state index contributed by atoms with van der Waals surface area (Å²) in [6.45, 7) is 8.86. The normalized spacial score (nSPS) is 9.91. The average Bonchev–Trinajstić information content (AvgIpc) is 2.60. The highest BCUT2D eigenvalue weighted by molar-refractivity contribution is 5.43. The molecule has 2 N–H and O–H groups in total. The van der Waals surface area contributed by atoms with Crippen LogP contribution in [0.25, 0.3) is 0 Å². The molecule has 2 aromatic carbocycles. The lowest BCUT2D eigenvalue weighted by Gasteiger charge is -2.14. The second kappa shape index (κ2) is 9.33. The maximum Gasteiger partial charge on any atom is 0.128 e. The maximum atomic E-state index is 5.72. The zero-order valence-electron chi connectivity index (χ0n) is 13.1. The number of benzene rings is 2. The summed E-state index contributed by atoms with van der Waals surface area (Å²) in [4.78, 5) is 0. The summed E-state index contributed by atoms with van der Waals surface area (Å²) < 4.78 is 11.3. The van der Waals surface area contributed by atoms with Gasteiger partial charge in [-0.3, -0.25) is 0 Å². The van der Waals surface area contributed by atoms with Gasteiger partial charge in [0.25, 0.3) is 0 Å². The van der Waals surface area contributed by atoms with Crippen LogP contribution in [-0.2, 0) is 6.54 Å². The summed E-state index contributed by atoms with van der Waals surface area (Å²) in [6.07, 6.45) is 3.43. The van der Waals surface area contributed by atoms with Gasteiger partial charge in [0.05, 0.1) is 0 Å². The molecular weight excluding hydrogens is 288 g/mol. The predicted molar refractivity (Wildman–Crippen MR) is 94.7 cm³/mol. The standard InChI is InChI=1S/C19H22N2O2/c1-3-12-22-18-11-10-16(19(14-18)23-13-4-2)15-20-21-17-8-6-5-7-9-17/h3-11,14,20-21H,1-2,12-13,15H2. The fraction of sp³-hybridized carbons (Fsp3) is 0.158. The van der Waals surface area contributed by atoms with Crippen LogP contribution in [0.5, 0.6) is 11.5 Å². The highest BCUT2D eigenvalue weighted by Gasteiger charge is 2.06. The van der Waals surface area contributed by atoms with E-state index in [-0.39, 0.29) is 0 Å². The Labute approximate surface area is 137 Å². The quantitative estimate of drug-likeness (QED) is 0.515. The monoisotopic (exact) mass is 310 g/mol. The summed E-state index contributed by atoms with van der Waals surface area (Å²) in [5.74, 6) is 1.53. The van der Waals surface area contributed by atoms with Gasteiger partial charge in [0.15, 0.2) is 0 Å². The summed E-state index contributed by atoms with van der Waals surface area (Å²) in [7, 11) is 0. The van der Waals surface area contributed by atoms with Crippen LogP contribution in [0.2, 0.25) is 0 Å². The third-order valence-corrected chi connectivity index (χ3v) is 3.05. The molecule has 0 fully saturated rings. The molecule has 0 aliphatic carbocycles. The van der Waals surface area contributed by atoms with Crippen molar-refractivity contribution in [3.8, 4) is 11.5 Å². The van der Waals surface area contributed by atoms with E-state index < -0.39 is 0 Å². The summed E-state index contributed by atoms with van der Waals surface area (Å²) >= 11 is 0. The predicted octanol–water partition coefficient (Wildman–Crippen LogP) is 3.93. The van der Waals surface area contributed by atoms with E-state index in [4.69, 9.17) is 9.47 Å². The Morgan fingerprint density at radius 1 is 0.913 bits per heavy atom. The molecule has 0 saturated heterocycles. The van der Waals surface area contributed by atoms with E-state index in [0.29, 0.717) is 19.8 Å². The van der Waals surface area contributed by atoms with Crippen LogP contribution in [0.3, 0.4) is 0 Å². The van der Waals surface area contributed by atoms with Crippen molar-refractivity contribution in [2.24, 2.45) is 0 Å². The maximum absolute atomic E-state index is 5.72. The van der Waals surface area contributed by atoms with E-state index in [9.17, 15) is 0 Å². The van der Waals surface area contributed by atoms with E-state index >= 15 is 0 Å². The molecule has 0 heterocycles. The van der Waals surface area contributed by atoms with Crippen LogP contribution in [0.4, 0.5) is 5.69 Å². The van der Waals surface area contributed by atoms with E-state index in [1.54, 1.807) is 12.2 Å². The fourth-order valence-electron chi connectivity index (χ4n) is 1.97. The second-order valence-corrected chi connectivity index (χ2v) is 4.81. The van der Waals surface area contributed by atoms with Gasteiger partial charge >= 0.3 is 0 Å². The zero-order valence-corrected chi connectivity index (χ0v) is 13.1. The van der Waals surface area contributed by atoms with Crippen LogP contribution in [-0.4, -0.2) is 13.2 Å². The Bertz CT molecular complexity index is 627. The van der Waals surface area contributed by atoms with E-state index in [0.717, 1.165) is 22.7 Å². The summed E-state index contributed by atoms with van der Waals surface area (Å²) in [5.41, 5.74) is 8.38. The first kappa shape index (κ1) is 16.6. The molecule has 0 radical (unpaired) electrons. The van der Waals surface area contributed by atoms with Crippen molar-refractivity contribution in [2.45, 2.75) is 6.54 Å². The molecular formula is C19H22N2O2. The number of hydrogen-bond donors (Lipinski definition) is 2. The van der Waals surface area contributed by atoms with E-state index in [1.807, 2.05) is 48.5 Å². The number of para-hydroxylation sites is 1. The lowest BCUT2D eigenvalue weighted by molar-refractivity contribution is 0.342. The van der Waals surface area contributed by atoms with Crippen molar-refractivity contribution in [2.75, 3.05) is 18.6 Å². The van der Waals surface area contributed by atoms with Gasteiger partial charge in [0.2, 0.25) is 0 Å². The molecule has 0 saturated carbocycles. The molecule has 0 spiro atoms. The van der Waals surface area contributed by atoms with Gasteiger partial charge in [0, 0.05) is 23.9 Å². The largest absolute Gasteiger partial charge is 0.489 e. The molecule has 0 atom stereocenters. The van der Waals surface area contributed by atoms with Gasteiger partial charge < -0.3 is 14.9 Å². The Balaban J connectivity index is 2.00. The Morgan fingerprint density at radius 2 is 1.65 bits per heavy atom. The minimum Gasteiger partial charge on any atom is -0.489 e. The number of hydrazine groups is 1. The Kier molecular flexibility index (Phi) is 6.75.